The standard InChI is InChI=1S/C17H15Cl2NO3/c1-22-16-6-4-12(18)10-14(16)11-3-5-13(15(19)9-11)17(21)20-7-2-8-23-20/h3-6,9-10H,2,7-8H2,1H3. The fourth-order valence-electron chi connectivity index (χ4n) is 2.50. The highest BCUT2D eigenvalue weighted by Crippen LogP contribution is 2.35. The van der Waals surface area contributed by atoms with E-state index in [4.69, 9.17) is 32.8 Å². The van der Waals surface area contributed by atoms with E-state index in [2.05, 4.69) is 0 Å². The van der Waals surface area contributed by atoms with Crippen molar-refractivity contribution >= 4 is 29.1 Å². The normalized spacial score (nSPS) is 14.1. The number of benzene rings is 2. The minimum atomic E-state index is -0.225. The molecule has 120 valence electrons. The average molecular weight is 352 g/mol. The molecule has 1 heterocycles. The van der Waals surface area contributed by atoms with Crippen molar-refractivity contribution in [2.75, 3.05) is 20.3 Å². The summed E-state index contributed by atoms with van der Waals surface area (Å²) in [5.41, 5.74) is 2.06. The summed E-state index contributed by atoms with van der Waals surface area (Å²) in [6.45, 7) is 1.14. The highest BCUT2D eigenvalue weighted by Gasteiger charge is 2.23. The van der Waals surface area contributed by atoms with Gasteiger partial charge in [-0.05, 0) is 42.3 Å². The lowest BCUT2D eigenvalue weighted by atomic mass is 10.0. The maximum Gasteiger partial charge on any atom is 0.278 e. The van der Waals surface area contributed by atoms with E-state index in [1.807, 2.05) is 6.07 Å². The third kappa shape index (κ3) is 3.29. The second-order valence-corrected chi connectivity index (χ2v) is 5.98. The van der Waals surface area contributed by atoms with Gasteiger partial charge in [-0.1, -0.05) is 29.3 Å². The second-order valence-electron chi connectivity index (χ2n) is 5.13. The minimum Gasteiger partial charge on any atom is -0.496 e. The first-order valence-electron chi connectivity index (χ1n) is 7.18. The maximum absolute atomic E-state index is 12.4. The Balaban J connectivity index is 1.96. The van der Waals surface area contributed by atoms with Gasteiger partial charge in [0.1, 0.15) is 5.75 Å². The Kier molecular flexibility index (Phi) is 4.76. The Morgan fingerprint density at radius 1 is 1.22 bits per heavy atom. The van der Waals surface area contributed by atoms with Crippen molar-refractivity contribution in [3.8, 4) is 16.9 Å². The smallest absolute Gasteiger partial charge is 0.278 e. The van der Waals surface area contributed by atoms with Gasteiger partial charge in [-0.3, -0.25) is 9.63 Å². The van der Waals surface area contributed by atoms with Gasteiger partial charge in [0.15, 0.2) is 0 Å². The Morgan fingerprint density at radius 3 is 2.70 bits per heavy atom. The highest BCUT2D eigenvalue weighted by molar-refractivity contribution is 6.34. The number of halogens is 2. The lowest BCUT2D eigenvalue weighted by Gasteiger charge is -2.15. The van der Waals surface area contributed by atoms with E-state index in [0.717, 1.165) is 17.5 Å². The van der Waals surface area contributed by atoms with Crippen molar-refractivity contribution in [3.05, 3.63) is 52.0 Å². The van der Waals surface area contributed by atoms with E-state index < -0.39 is 0 Å². The quantitative estimate of drug-likeness (QED) is 0.819. The number of amides is 1. The molecule has 1 aliphatic heterocycles. The molecular formula is C17H15Cl2NO3. The number of hydrogen-bond acceptors (Lipinski definition) is 3. The molecule has 0 aromatic heterocycles. The van der Waals surface area contributed by atoms with Crippen molar-refractivity contribution < 1.29 is 14.4 Å². The number of methoxy groups -OCH3 is 1. The molecule has 1 amide bonds. The van der Waals surface area contributed by atoms with Crippen LogP contribution in [0.4, 0.5) is 0 Å². The van der Waals surface area contributed by atoms with Crippen LogP contribution in [-0.2, 0) is 4.84 Å². The van der Waals surface area contributed by atoms with Crippen molar-refractivity contribution in [1.82, 2.24) is 5.06 Å². The van der Waals surface area contributed by atoms with Gasteiger partial charge < -0.3 is 4.74 Å². The highest BCUT2D eigenvalue weighted by atomic mass is 35.5. The predicted molar refractivity (Wildman–Crippen MR) is 90.1 cm³/mol. The minimum absolute atomic E-state index is 0.225. The SMILES string of the molecule is COc1ccc(Cl)cc1-c1ccc(C(=O)N2CCCO2)c(Cl)c1. The average Bonchev–Trinajstić information content (AvgIpc) is 3.08. The lowest BCUT2D eigenvalue weighted by molar-refractivity contribution is -0.0768. The van der Waals surface area contributed by atoms with Crippen molar-refractivity contribution in [1.29, 1.82) is 0 Å². The number of ether oxygens (including phenoxy) is 1. The van der Waals surface area contributed by atoms with Crippen molar-refractivity contribution in [3.63, 3.8) is 0 Å². The van der Waals surface area contributed by atoms with E-state index in [9.17, 15) is 4.79 Å². The van der Waals surface area contributed by atoms with Gasteiger partial charge in [0.2, 0.25) is 0 Å². The third-order valence-electron chi connectivity index (χ3n) is 3.65. The monoisotopic (exact) mass is 351 g/mol. The summed E-state index contributed by atoms with van der Waals surface area (Å²) in [5, 5.41) is 2.31. The number of carbonyl (C=O) groups excluding carboxylic acids is 1. The van der Waals surface area contributed by atoms with Gasteiger partial charge >= 0.3 is 0 Å². The van der Waals surface area contributed by atoms with Gasteiger partial charge in [0.05, 0.1) is 30.8 Å². The van der Waals surface area contributed by atoms with E-state index in [0.29, 0.717) is 34.5 Å². The van der Waals surface area contributed by atoms with Crippen LogP contribution in [-0.4, -0.2) is 31.2 Å². The summed E-state index contributed by atoms with van der Waals surface area (Å²) in [6, 6.07) is 10.6. The first-order valence-corrected chi connectivity index (χ1v) is 7.94. The molecule has 4 nitrogen and oxygen atoms in total. The summed E-state index contributed by atoms with van der Waals surface area (Å²) in [7, 11) is 1.59. The molecule has 0 saturated carbocycles. The summed E-state index contributed by atoms with van der Waals surface area (Å²) in [6.07, 6.45) is 0.834. The molecule has 2 aromatic rings. The molecular weight excluding hydrogens is 337 g/mol. The van der Waals surface area contributed by atoms with Gasteiger partial charge in [0.25, 0.3) is 5.91 Å². The number of nitrogens with zero attached hydrogens (tertiary/aromatic N) is 1. The molecule has 1 saturated heterocycles. The first kappa shape index (κ1) is 16.1. The molecule has 0 spiro atoms. The molecule has 0 atom stereocenters. The molecule has 0 N–H and O–H groups in total. The van der Waals surface area contributed by atoms with Crippen LogP contribution in [0, 0.1) is 0 Å². The summed E-state index contributed by atoms with van der Waals surface area (Å²) in [4.78, 5) is 17.6. The van der Waals surface area contributed by atoms with Gasteiger partial charge in [-0.25, -0.2) is 5.06 Å². The number of hydroxylamine groups is 2. The number of carbonyl (C=O) groups is 1. The number of hydrogen-bond donors (Lipinski definition) is 0. The van der Waals surface area contributed by atoms with Crippen LogP contribution in [0.5, 0.6) is 5.75 Å². The first-order chi connectivity index (χ1) is 11.1. The zero-order valence-electron chi connectivity index (χ0n) is 12.5. The van der Waals surface area contributed by atoms with E-state index >= 15 is 0 Å². The Bertz CT molecular complexity index is 743. The summed E-state index contributed by atoms with van der Waals surface area (Å²) < 4.78 is 5.36. The van der Waals surface area contributed by atoms with Crippen LogP contribution < -0.4 is 4.74 Å². The van der Waals surface area contributed by atoms with E-state index in [-0.39, 0.29) is 5.91 Å². The van der Waals surface area contributed by atoms with E-state index in [1.165, 1.54) is 5.06 Å². The second kappa shape index (κ2) is 6.79. The van der Waals surface area contributed by atoms with Crippen LogP contribution in [0.15, 0.2) is 36.4 Å². The fourth-order valence-corrected chi connectivity index (χ4v) is 2.94. The summed E-state index contributed by atoms with van der Waals surface area (Å²) in [5.74, 6) is 0.463. The van der Waals surface area contributed by atoms with Crippen molar-refractivity contribution in [2.24, 2.45) is 0 Å². The third-order valence-corrected chi connectivity index (χ3v) is 4.20. The lowest BCUT2D eigenvalue weighted by Crippen LogP contribution is -2.26. The van der Waals surface area contributed by atoms with Crippen LogP contribution in [0.25, 0.3) is 11.1 Å². The van der Waals surface area contributed by atoms with Crippen LogP contribution in [0.3, 0.4) is 0 Å². The Morgan fingerprint density at radius 2 is 2.04 bits per heavy atom. The van der Waals surface area contributed by atoms with Gasteiger partial charge in [-0.2, -0.15) is 0 Å². The van der Waals surface area contributed by atoms with Crippen LogP contribution >= 0.6 is 23.2 Å². The zero-order valence-corrected chi connectivity index (χ0v) is 14.0. The van der Waals surface area contributed by atoms with Gasteiger partial charge in [0, 0.05) is 10.6 Å². The molecule has 6 heteroatoms. The molecule has 23 heavy (non-hydrogen) atoms. The largest absolute Gasteiger partial charge is 0.496 e. The molecule has 0 unspecified atom stereocenters. The molecule has 3 rings (SSSR count). The van der Waals surface area contributed by atoms with Crippen molar-refractivity contribution in [2.45, 2.75) is 6.42 Å². The van der Waals surface area contributed by atoms with Crippen LogP contribution in [0.1, 0.15) is 16.8 Å². The molecule has 2 aromatic carbocycles. The van der Waals surface area contributed by atoms with Crippen LogP contribution in [0.2, 0.25) is 10.0 Å². The molecule has 1 fully saturated rings. The topological polar surface area (TPSA) is 38.8 Å². The molecule has 0 bridgehead atoms. The molecule has 0 radical (unpaired) electrons. The fraction of sp³-hybridized carbons (Fsp3) is 0.235. The van der Waals surface area contributed by atoms with Gasteiger partial charge in [-0.15, -0.1) is 0 Å². The van der Waals surface area contributed by atoms with E-state index in [1.54, 1.807) is 37.4 Å². The molecule has 0 aliphatic carbocycles. The zero-order chi connectivity index (χ0) is 16.4. The number of rotatable bonds is 3. The Labute approximate surface area is 144 Å². The predicted octanol–water partition coefficient (Wildman–Crippen LogP) is 4.45. The summed E-state index contributed by atoms with van der Waals surface area (Å²) >= 11 is 12.4. The Hall–Kier alpha value is -1.75. The molecule has 1 aliphatic rings. The maximum atomic E-state index is 12.4.